The summed E-state index contributed by atoms with van der Waals surface area (Å²) >= 11 is 1.24. The number of aryl methyl sites for hydroxylation is 2. The molecule has 2 aromatic rings. The summed E-state index contributed by atoms with van der Waals surface area (Å²) in [4.78, 5) is 31.4. The lowest BCUT2D eigenvalue weighted by atomic mass is 10.2. The molecule has 1 aromatic carbocycles. The van der Waals surface area contributed by atoms with Gasteiger partial charge in [0, 0.05) is 11.4 Å². The first-order valence-electron chi connectivity index (χ1n) is 8.82. The van der Waals surface area contributed by atoms with Crippen LogP contribution >= 0.6 is 11.8 Å². The molecule has 1 aromatic heterocycles. The van der Waals surface area contributed by atoms with Gasteiger partial charge in [-0.3, -0.25) is 9.59 Å². The molecule has 0 aliphatic rings. The van der Waals surface area contributed by atoms with E-state index < -0.39 is 5.91 Å². The lowest BCUT2D eigenvalue weighted by molar-refractivity contribution is -0.120. The molecule has 154 valence electrons. The summed E-state index contributed by atoms with van der Waals surface area (Å²) < 4.78 is 10.8. The van der Waals surface area contributed by atoms with E-state index in [4.69, 9.17) is 15.2 Å². The largest absolute Gasteiger partial charge is 0.490 e. The number of hydrazone groups is 1. The van der Waals surface area contributed by atoms with Crippen LogP contribution in [0.3, 0.4) is 0 Å². The maximum absolute atomic E-state index is 12.0. The van der Waals surface area contributed by atoms with Gasteiger partial charge in [0.1, 0.15) is 0 Å². The van der Waals surface area contributed by atoms with Crippen molar-refractivity contribution in [2.24, 2.45) is 10.8 Å². The summed E-state index contributed by atoms with van der Waals surface area (Å²) in [6, 6.07) is 6.92. The van der Waals surface area contributed by atoms with E-state index in [9.17, 15) is 9.59 Å². The van der Waals surface area contributed by atoms with Gasteiger partial charge >= 0.3 is 0 Å². The van der Waals surface area contributed by atoms with Gasteiger partial charge in [-0.25, -0.2) is 15.4 Å². The van der Waals surface area contributed by atoms with Gasteiger partial charge in [-0.05, 0) is 50.6 Å². The molecule has 0 fully saturated rings. The number of nitrogens with two attached hydrogens (primary N) is 1. The highest BCUT2D eigenvalue weighted by Gasteiger charge is 2.08. The molecule has 0 aliphatic heterocycles. The van der Waals surface area contributed by atoms with Crippen molar-refractivity contribution >= 4 is 29.8 Å². The van der Waals surface area contributed by atoms with Crippen LogP contribution in [0.5, 0.6) is 11.5 Å². The van der Waals surface area contributed by atoms with Gasteiger partial charge in [0.2, 0.25) is 0 Å². The lowest BCUT2D eigenvalue weighted by Crippen LogP contribution is -2.20. The number of nitrogens with one attached hydrogen (secondary N) is 1. The molecule has 0 radical (unpaired) electrons. The molecule has 0 saturated carbocycles. The van der Waals surface area contributed by atoms with Gasteiger partial charge in [-0.15, -0.1) is 0 Å². The number of primary amides is 1. The number of thioether (sulfide) groups is 1. The second-order valence-corrected chi connectivity index (χ2v) is 6.85. The van der Waals surface area contributed by atoms with E-state index in [1.165, 1.54) is 18.0 Å². The zero-order valence-corrected chi connectivity index (χ0v) is 17.3. The van der Waals surface area contributed by atoms with Crippen molar-refractivity contribution in [3.63, 3.8) is 0 Å². The molecule has 9 nitrogen and oxygen atoms in total. The fourth-order valence-corrected chi connectivity index (χ4v) is 2.98. The number of aromatic nitrogens is 2. The molecule has 0 saturated heterocycles. The van der Waals surface area contributed by atoms with Crippen LogP contribution in [-0.4, -0.2) is 47.0 Å². The minimum atomic E-state index is -0.579. The Balaban J connectivity index is 1.91. The SMILES string of the molecule is CCOc1cc(/C=N\NC(=O)CSc2nc(C)cc(C)n2)ccc1OCC(N)=O. The van der Waals surface area contributed by atoms with Crippen molar-refractivity contribution in [2.75, 3.05) is 19.0 Å². The number of carbonyl (C=O) groups is 2. The Kier molecular flexibility index (Phi) is 8.41. The van der Waals surface area contributed by atoms with Crippen molar-refractivity contribution < 1.29 is 19.1 Å². The number of hydrogen-bond acceptors (Lipinski definition) is 8. The van der Waals surface area contributed by atoms with E-state index in [0.29, 0.717) is 28.8 Å². The monoisotopic (exact) mass is 417 g/mol. The number of benzene rings is 1. The Morgan fingerprint density at radius 2 is 1.90 bits per heavy atom. The average molecular weight is 417 g/mol. The summed E-state index contributed by atoms with van der Waals surface area (Å²) in [6.07, 6.45) is 1.48. The van der Waals surface area contributed by atoms with Crippen LogP contribution < -0.4 is 20.6 Å². The molecule has 3 N–H and O–H groups in total. The zero-order chi connectivity index (χ0) is 21.2. The predicted octanol–water partition coefficient (Wildman–Crippen LogP) is 1.60. The van der Waals surface area contributed by atoms with Gasteiger partial charge in [-0.2, -0.15) is 5.10 Å². The second kappa shape index (κ2) is 11.0. The lowest BCUT2D eigenvalue weighted by Gasteiger charge is -2.11. The fourth-order valence-electron chi connectivity index (χ4n) is 2.24. The molecule has 0 bridgehead atoms. The normalized spacial score (nSPS) is 10.7. The van der Waals surface area contributed by atoms with E-state index in [0.717, 1.165) is 11.4 Å². The van der Waals surface area contributed by atoms with Crippen molar-refractivity contribution in [2.45, 2.75) is 25.9 Å². The topological polar surface area (TPSA) is 129 Å². The van der Waals surface area contributed by atoms with E-state index >= 15 is 0 Å². The third-order valence-electron chi connectivity index (χ3n) is 3.33. The first-order chi connectivity index (χ1) is 13.9. The minimum absolute atomic E-state index is 0.143. The number of hydrogen-bond donors (Lipinski definition) is 2. The third-order valence-corrected chi connectivity index (χ3v) is 4.18. The fraction of sp³-hybridized carbons (Fsp3) is 0.316. The highest BCUT2D eigenvalue weighted by atomic mass is 32.2. The van der Waals surface area contributed by atoms with Gasteiger partial charge in [0.15, 0.2) is 23.3 Å². The van der Waals surface area contributed by atoms with Gasteiger partial charge in [-0.1, -0.05) is 11.8 Å². The highest BCUT2D eigenvalue weighted by Crippen LogP contribution is 2.28. The first-order valence-corrected chi connectivity index (χ1v) is 9.81. The minimum Gasteiger partial charge on any atom is -0.490 e. The Morgan fingerprint density at radius 3 is 2.55 bits per heavy atom. The van der Waals surface area contributed by atoms with Gasteiger partial charge in [0.25, 0.3) is 11.8 Å². The van der Waals surface area contributed by atoms with Crippen molar-refractivity contribution in [1.82, 2.24) is 15.4 Å². The molecular formula is C19H23N5O4S. The smallest absolute Gasteiger partial charge is 0.255 e. The molecule has 0 spiro atoms. The number of ether oxygens (including phenoxy) is 2. The van der Waals surface area contributed by atoms with Crippen molar-refractivity contribution in [3.05, 3.63) is 41.2 Å². The Hall–Kier alpha value is -3.14. The molecule has 10 heteroatoms. The van der Waals surface area contributed by atoms with Gasteiger partial charge < -0.3 is 15.2 Å². The predicted molar refractivity (Wildman–Crippen MR) is 110 cm³/mol. The summed E-state index contributed by atoms with van der Waals surface area (Å²) in [5, 5.41) is 4.50. The van der Waals surface area contributed by atoms with Crippen LogP contribution in [0.4, 0.5) is 0 Å². The molecule has 29 heavy (non-hydrogen) atoms. The van der Waals surface area contributed by atoms with Crippen LogP contribution in [-0.2, 0) is 9.59 Å². The number of rotatable bonds is 10. The summed E-state index contributed by atoms with van der Waals surface area (Å²) in [7, 11) is 0. The summed E-state index contributed by atoms with van der Waals surface area (Å²) in [5.74, 6) is 0.137. The molecule has 2 rings (SSSR count). The molecule has 2 amide bonds. The quantitative estimate of drug-likeness (QED) is 0.260. The Bertz CT molecular complexity index is 884. The molecule has 0 atom stereocenters. The van der Waals surface area contributed by atoms with E-state index in [1.807, 2.05) is 26.8 Å². The van der Waals surface area contributed by atoms with Crippen LogP contribution in [0.15, 0.2) is 34.5 Å². The summed E-state index contributed by atoms with van der Waals surface area (Å²) in [6.45, 7) is 5.76. The van der Waals surface area contributed by atoms with E-state index in [1.54, 1.807) is 18.2 Å². The first kappa shape index (κ1) is 22.2. The Morgan fingerprint density at radius 1 is 1.17 bits per heavy atom. The average Bonchev–Trinajstić information content (AvgIpc) is 2.65. The number of nitrogens with zero attached hydrogens (tertiary/aromatic N) is 3. The van der Waals surface area contributed by atoms with E-state index in [2.05, 4.69) is 20.5 Å². The van der Waals surface area contributed by atoms with Crippen molar-refractivity contribution in [1.29, 1.82) is 0 Å². The molecule has 0 aliphatic carbocycles. The van der Waals surface area contributed by atoms with Crippen LogP contribution in [0, 0.1) is 13.8 Å². The maximum atomic E-state index is 12.0. The van der Waals surface area contributed by atoms with E-state index in [-0.39, 0.29) is 18.3 Å². The highest BCUT2D eigenvalue weighted by molar-refractivity contribution is 7.99. The summed E-state index contributed by atoms with van der Waals surface area (Å²) in [5.41, 5.74) is 9.94. The van der Waals surface area contributed by atoms with Gasteiger partial charge in [0.05, 0.1) is 18.6 Å². The van der Waals surface area contributed by atoms with Crippen LogP contribution in [0.2, 0.25) is 0 Å². The molecule has 1 heterocycles. The maximum Gasteiger partial charge on any atom is 0.255 e. The zero-order valence-electron chi connectivity index (χ0n) is 16.5. The Labute approximate surface area is 173 Å². The molecule has 0 unspecified atom stereocenters. The van der Waals surface area contributed by atoms with Crippen LogP contribution in [0.1, 0.15) is 23.9 Å². The molecular weight excluding hydrogens is 394 g/mol. The third kappa shape index (κ3) is 7.78. The van der Waals surface area contributed by atoms with Crippen LogP contribution in [0.25, 0.3) is 0 Å². The number of carbonyl (C=O) groups excluding carboxylic acids is 2. The number of amides is 2. The second-order valence-electron chi connectivity index (χ2n) is 5.91. The van der Waals surface area contributed by atoms with Crippen molar-refractivity contribution in [3.8, 4) is 11.5 Å². The standard InChI is InChI=1S/C19H23N5O4S/c1-4-27-16-8-14(5-6-15(16)28-10-17(20)25)9-21-24-18(26)11-29-19-22-12(2)7-13(3)23-19/h5-9H,4,10-11H2,1-3H3,(H2,20,25)(H,24,26)/b21-9-.